The highest BCUT2D eigenvalue weighted by atomic mass is 32.1. The fraction of sp³-hybridized carbons (Fsp3) is 0.692. The number of thiazole rings is 1. The Bertz CT molecular complexity index is 405. The molecule has 20 heavy (non-hydrogen) atoms. The summed E-state index contributed by atoms with van der Waals surface area (Å²) < 4.78 is 15.3. The van der Waals surface area contributed by atoms with Gasteiger partial charge in [-0.3, -0.25) is 4.79 Å². The Labute approximate surface area is 123 Å². The molecule has 6 nitrogen and oxygen atoms in total. The van der Waals surface area contributed by atoms with E-state index >= 15 is 0 Å². The average molecular weight is 302 g/mol. The molecular formula is C13H22N2O4S. The molecule has 0 spiro atoms. The van der Waals surface area contributed by atoms with E-state index < -0.39 is 0 Å². The van der Waals surface area contributed by atoms with Gasteiger partial charge in [0.2, 0.25) is 0 Å². The lowest BCUT2D eigenvalue weighted by Crippen LogP contribution is -2.29. The van der Waals surface area contributed by atoms with Crippen molar-refractivity contribution in [1.82, 2.24) is 10.3 Å². The summed E-state index contributed by atoms with van der Waals surface area (Å²) >= 11 is 1.50. The van der Waals surface area contributed by atoms with Gasteiger partial charge < -0.3 is 19.5 Å². The van der Waals surface area contributed by atoms with Crippen LogP contribution in [-0.2, 0) is 14.2 Å². The molecule has 1 rings (SSSR count). The first kappa shape index (κ1) is 17.0. The predicted octanol–water partition coefficient (Wildman–Crippen LogP) is 1.63. The van der Waals surface area contributed by atoms with E-state index in [2.05, 4.69) is 24.1 Å². The lowest BCUT2D eigenvalue weighted by molar-refractivity contribution is -0.139. The molecule has 0 atom stereocenters. The van der Waals surface area contributed by atoms with Gasteiger partial charge in [0, 0.05) is 32.1 Å². The van der Waals surface area contributed by atoms with Gasteiger partial charge >= 0.3 is 0 Å². The maximum atomic E-state index is 11.8. The van der Waals surface area contributed by atoms with Gasteiger partial charge in [-0.2, -0.15) is 0 Å². The van der Waals surface area contributed by atoms with Crippen molar-refractivity contribution in [2.24, 2.45) is 0 Å². The number of rotatable bonds is 9. The van der Waals surface area contributed by atoms with E-state index in [1.165, 1.54) is 11.3 Å². The maximum Gasteiger partial charge on any atom is 0.270 e. The van der Waals surface area contributed by atoms with Crippen LogP contribution in [0.15, 0.2) is 5.38 Å². The highest BCUT2D eigenvalue weighted by Gasteiger charge is 2.12. The number of methoxy groups -OCH3 is 2. The smallest absolute Gasteiger partial charge is 0.270 e. The molecular weight excluding hydrogens is 280 g/mol. The molecule has 0 unspecified atom stereocenters. The Morgan fingerprint density at radius 2 is 2.10 bits per heavy atom. The number of ether oxygens (including phenoxy) is 3. The van der Waals surface area contributed by atoms with Crippen molar-refractivity contribution >= 4 is 17.2 Å². The quantitative estimate of drug-likeness (QED) is 0.554. The van der Waals surface area contributed by atoms with Crippen molar-refractivity contribution in [3.8, 4) is 0 Å². The normalized spacial score (nSPS) is 11.3. The molecule has 0 aliphatic heterocycles. The second-order valence-corrected chi connectivity index (χ2v) is 5.35. The zero-order valence-corrected chi connectivity index (χ0v) is 13.2. The molecule has 0 bridgehead atoms. The standard InChI is InChI=1S/C13H22N2O4S/c1-9(2)13-15-10(8-20-13)12(16)14-5-6-19-7-11(17-3)18-4/h8-9,11H,5-7H2,1-4H3,(H,14,16). The van der Waals surface area contributed by atoms with E-state index in [1.807, 2.05) is 0 Å². The number of hydrogen-bond donors (Lipinski definition) is 1. The van der Waals surface area contributed by atoms with Crippen molar-refractivity contribution in [2.75, 3.05) is 34.0 Å². The largest absolute Gasteiger partial charge is 0.374 e. The number of nitrogens with zero attached hydrogens (tertiary/aromatic N) is 1. The second kappa shape index (κ2) is 9.02. The van der Waals surface area contributed by atoms with Crippen LogP contribution in [0, 0.1) is 0 Å². The van der Waals surface area contributed by atoms with Crippen LogP contribution in [0.5, 0.6) is 0 Å². The summed E-state index contributed by atoms with van der Waals surface area (Å²) in [7, 11) is 3.10. The molecule has 7 heteroatoms. The van der Waals surface area contributed by atoms with Crippen LogP contribution in [0.25, 0.3) is 0 Å². The van der Waals surface area contributed by atoms with Crippen molar-refractivity contribution < 1.29 is 19.0 Å². The van der Waals surface area contributed by atoms with Crippen LogP contribution in [0.4, 0.5) is 0 Å². The minimum Gasteiger partial charge on any atom is -0.374 e. The molecule has 0 aromatic carbocycles. The first-order chi connectivity index (χ1) is 9.58. The highest BCUT2D eigenvalue weighted by Crippen LogP contribution is 2.18. The van der Waals surface area contributed by atoms with Gasteiger partial charge in [-0.05, 0) is 0 Å². The van der Waals surface area contributed by atoms with E-state index in [0.29, 0.717) is 31.4 Å². The lowest BCUT2D eigenvalue weighted by atomic mass is 10.2. The SMILES string of the molecule is COC(COCCNC(=O)c1csc(C(C)C)n1)OC. The topological polar surface area (TPSA) is 69.7 Å². The molecule has 1 aromatic rings. The number of carbonyl (C=O) groups excluding carboxylic acids is 1. The van der Waals surface area contributed by atoms with Crippen molar-refractivity contribution in [3.63, 3.8) is 0 Å². The fourth-order valence-electron chi connectivity index (χ4n) is 1.40. The molecule has 0 aliphatic carbocycles. The first-order valence-corrected chi connectivity index (χ1v) is 7.33. The summed E-state index contributed by atoms with van der Waals surface area (Å²) in [5.41, 5.74) is 0.463. The molecule has 1 heterocycles. The molecule has 1 aromatic heterocycles. The Morgan fingerprint density at radius 1 is 1.40 bits per heavy atom. The molecule has 1 N–H and O–H groups in total. The molecule has 114 valence electrons. The summed E-state index contributed by atoms with van der Waals surface area (Å²) in [6.45, 7) is 5.26. The summed E-state index contributed by atoms with van der Waals surface area (Å²) in [4.78, 5) is 16.1. The summed E-state index contributed by atoms with van der Waals surface area (Å²) in [6, 6.07) is 0. The third kappa shape index (κ3) is 5.54. The minimum atomic E-state index is -0.377. The number of carbonyl (C=O) groups is 1. The van der Waals surface area contributed by atoms with E-state index in [4.69, 9.17) is 14.2 Å². The van der Waals surface area contributed by atoms with E-state index in [1.54, 1.807) is 19.6 Å². The first-order valence-electron chi connectivity index (χ1n) is 6.45. The summed E-state index contributed by atoms with van der Waals surface area (Å²) in [6.07, 6.45) is -0.377. The van der Waals surface area contributed by atoms with Crippen LogP contribution in [0.1, 0.15) is 35.3 Å². The second-order valence-electron chi connectivity index (χ2n) is 4.46. The van der Waals surface area contributed by atoms with Crippen LogP contribution in [-0.4, -0.2) is 51.2 Å². The van der Waals surface area contributed by atoms with Crippen molar-refractivity contribution in [3.05, 3.63) is 16.1 Å². The molecule has 0 fully saturated rings. The zero-order valence-electron chi connectivity index (χ0n) is 12.3. The van der Waals surface area contributed by atoms with Gasteiger partial charge in [-0.15, -0.1) is 11.3 Å². The van der Waals surface area contributed by atoms with E-state index in [9.17, 15) is 4.79 Å². The third-order valence-corrected chi connectivity index (χ3v) is 3.71. The Kier molecular flexibility index (Phi) is 7.68. The average Bonchev–Trinajstić information content (AvgIpc) is 2.92. The van der Waals surface area contributed by atoms with E-state index in [-0.39, 0.29) is 12.2 Å². The Hall–Kier alpha value is -1.02. The van der Waals surface area contributed by atoms with Crippen LogP contribution in [0.3, 0.4) is 0 Å². The van der Waals surface area contributed by atoms with Gasteiger partial charge in [-0.25, -0.2) is 4.98 Å². The highest BCUT2D eigenvalue weighted by molar-refractivity contribution is 7.09. The van der Waals surface area contributed by atoms with Crippen LogP contribution >= 0.6 is 11.3 Å². The monoisotopic (exact) mass is 302 g/mol. The number of nitrogens with one attached hydrogen (secondary N) is 1. The third-order valence-electron chi connectivity index (χ3n) is 2.56. The van der Waals surface area contributed by atoms with Gasteiger partial charge in [0.15, 0.2) is 6.29 Å². The van der Waals surface area contributed by atoms with Crippen LogP contribution in [0.2, 0.25) is 0 Å². The van der Waals surface area contributed by atoms with Crippen molar-refractivity contribution in [1.29, 1.82) is 0 Å². The van der Waals surface area contributed by atoms with Gasteiger partial charge in [0.25, 0.3) is 5.91 Å². The van der Waals surface area contributed by atoms with Gasteiger partial charge in [0.1, 0.15) is 5.69 Å². The molecule has 0 saturated heterocycles. The Balaban J connectivity index is 2.22. The molecule has 1 amide bonds. The van der Waals surface area contributed by atoms with E-state index in [0.717, 1.165) is 5.01 Å². The Morgan fingerprint density at radius 3 is 2.65 bits per heavy atom. The molecule has 0 saturated carbocycles. The van der Waals surface area contributed by atoms with Crippen molar-refractivity contribution in [2.45, 2.75) is 26.1 Å². The maximum absolute atomic E-state index is 11.8. The molecule has 0 aliphatic rings. The number of amides is 1. The van der Waals surface area contributed by atoms with Gasteiger partial charge in [-0.1, -0.05) is 13.8 Å². The number of aromatic nitrogens is 1. The van der Waals surface area contributed by atoms with Gasteiger partial charge in [0.05, 0.1) is 18.2 Å². The fourth-order valence-corrected chi connectivity index (χ4v) is 2.21. The lowest BCUT2D eigenvalue weighted by Gasteiger charge is -2.13. The summed E-state index contributed by atoms with van der Waals surface area (Å²) in [5, 5.41) is 5.50. The summed E-state index contributed by atoms with van der Waals surface area (Å²) in [5.74, 6) is 0.164. The predicted molar refractivity (Wildman–Crippen MR) is 77.2 cm³/mol. The zero-order chi connectivity index (χ0) is 15.0. The number of hydrogen-bond acceptors (Lipinski definition) is 6. The molecule has 0 radical (unpaired) electrons. The van der Waals surface area contributed by atoms with Crippen LogP contribution < -0.4 is 5.32 Å². The minimum absolute atomic E-state index is 0.174.